The summed E-state index contributed by atoms with van der Waals surface area (Å²) < 4.78 is 6.14. The number of hydrogen-bond acceptors (Lipinski definition) is 2. The second kappa shape index (κ2) is 5.67. The van der Waals surface area contributed by atoms with Gasteiger partial charge in [-0.05, 0) is 37.8 Å². The Morgan fingerprint density at radius 1 is 1.10 bits per heavy atom. The smallest absolute Gasteiger partial charge is 0.142 e. The Hall–Kier alpha value is -1.18. The molecule has 1 aromatic carbocycles. The fourth-order valence-corrected chi connectivity index (χ4v) is 3.76. The van der Waals surface area contributed by atoms with Crippen LogP contribution in [0.3, 0.4) is 0 Å². The summed E-state index contributed by atoms with van der Waals surface area (Å²) in [5.74, 6) is 2.43. The Morgan fingerprint density at radius 3 is 2.65 bits per heavy atom. The van der Waals surface area contributed by atoms with Crippen LogP contribution in [-0.2, 0) is 0 Å². The van der Waals surface area contributed by atoms with Crippen molar-refractivity contribution < 1.29 is 4.74 Å². The SMILES string of the molecule is CC(C)C(C)N1c2ccccc2OCC2CCCCC21. The fourth-order valence-electron chi connectivity index (χ4n) is 3.76. The summed E-state index contributed by atoms with van der Waals surface area (Å²) in [5.41, 5.74) is 1.31. The maximum atomic E-state index is 6.14. The van der Waals surface area contributed by atoms with Gasteiger partial charge in [0.15, 0.2) is 0 Å². The normalized spacial score (nSPS) is 27.3. The second-order valence-electron chi connectivity index (χ2n) is 6.78. The first-order valence-electron chi connectivity index (χ1n) is 8.18. The van der Waals surface area contributed by atoms with Crippen LogP contribution in [0.5, 0.6) is 5.75 Å². The van der Waals surface area contributed by atoms with Crippen molar-refractivity contribution in [1.82, 2.24) is 0 Å². The minimum Gasteiger partial charge on any atom is -0.491 e. The van der Waals surface area contributed by atoms with Crippen LogP contribution in [-0.4, -0.2) is 18.7 Å². The third kappa shape index (κ3) is 2.41. The topological polar surface area (TPSA) is 12.5 Å². The Labute approximate surface area is 123 Å². The van der Waals surface area contributed by atoms with Gasteiger partial charge in [-0.3, -0.25) is 0 Å². The molecule has 110 valence electrons. The number of rotatable bonds is 2. The van der Waals surface area contributed by atoms with E-state index in [1.807, 2.05) is 0 Å². The molecule has 0 N–H and O–H groups in total. The molecule has 1 aromatic rings. The van der Waals surface area contributed by atoms with E-state index in [0.717, 1.165) is 12.4 Å². The monoisotopic (exact) mass is 273 g/mol. The zero-order valence-corrected chi connectivity index (χ0v) is 13.0. The quantitative estimate of drug-likeness (QED) is 0.787. The largest absolute Gasteiger partial charge is 0.491 e. The van der Waals surface area contributed by atoms with E-state index in [4.69, 9.17) is 4.74 Å². The lowest BCUT2D eigenvalue weighted by Gasteiger charge is -2.44. The molecule has 2 heteroatoms. The van der Waals surface area contributed by atoms with Gasteiger partial charge in [-0.2, -0.15) is 0 Å². The molecule has 0 amide bonds. The van der Waals surface area contributed by atoms with Gasteiger partial charge in [0, 0.05) is 18.0 Å². The molecule has 0 bridgehead atoms. The van der Waals surface area contributed by atoms with Crippen molar-refractivity contribution in [3.8, 4) is 5.75 Å². The van der Waals surface area contributed by atoms with Gasteiger partial charge in [-0.25, -0.2) is 0 Å². The molecule has 0 aromatic heterocycles. The summed E-state index contributed by atoms with van der Waals surface area (Å²) in [6, 6.07) is 9.82. The first-order valence-corrected chi connectivity index (χ1v) is 8.18. The highest BCUT2D eigenvalue weighted by Gasteiger charge is 2.37. The lowest BCUT2D eigenvalue weighted by Crippen LogP contribution is -2.49. The Morgan fingerprint density at radius 2 is 1.85 bits per heavy atom. The number of ether oxygens (including phenoxy) is 1. The molecule has 0 saturated heterocycles. The molecule has 1 saturated carbocycles. The Kier molecular flexibility index (Phi) is 3.91. The number of anilines is 1. The summed E-state index contributed by atoms with van der Waals surface area (Å²) in [4.78, 5) is 2.68. The third-order valence-electron chi connectivity index (χ3n) is 5.23. The van der Waals surface area contributed by atoms with Gasteiger partial charge >= 0.3 is 0 Å². The number of nitrogens with zero attached hydrogens (tertiary/aromatic N) is 1. The van der Waals surface area contributed by atoms with Crippen LogP contribution >= 0.6 is 0 Å². The van der Waals surface area contributed by atoms with Crippen molar-refractivity contribution in [3.63, 3.8) is 0 Å². The molecule has 1 heterocycles. The number of benzene rings is 1. The van der Waals surface area contributed by atoms with Gasteiger partial charge in [0.1, 0.15) is 5.75 Å². The average Bonchev–Trinajstić information content (AvgIpc) is 2.63. The van der Waals surface area contributed by atoms with E-state index in [1.165, 1.54) is 31.4 Å². The van der Waals surface area contributed by atoms with E-state index < -0.39 is 0 Å². The molecule has 3 rings (SSSR count). The van der Waals surface area contributed by atoms with E-state index in [0.29, 0.717) is 23.9 Å². The first kappa shape index (κ1) is 13.8. The predicted molar refractivity (Wildman–Crippen MR) is 84.5 cm³/mol. The van der Waals surface area contributed by atoms with Crippen LogP contribution in [0.15, 0.2) is 24.3 Å². The maximum absolute atomic E-state index is 6.14. The standard InChI is InChI=1S/C18H27NO/c1-13(2)14(3)19-16-9-5-4-8-15(16)12-20-18-11-7-6-10-17(18)19/h6-7,10-11,13-16H,4-5,8-9,12H2,1-3H3. The van der Waals surface area contributed by atoms with E-state index in [9.17, 15) is 0 Å². The molecule has 1 aliphatic heterocycles. The van der Waals surface area contributed by atoms with E-state index in [2.05, 4.69) is 49.9 Å². The van der Waals surface area contributed by atoms with Crippen LogP contribution in [0.1, 0.15) is 46.5 Å². The third-order valence-corrected chi connectivity index (χ3v) is 5.23. The first-order chi connectivity index (χ1) is 9.68. The molecular weight excluding hydrogens is 246 g/mol. The fraction of sp³-hybridized carbons (Fsp3) is 0.667. The summed E-state index contributed by atoms with van der Waals surface area (Å²) in [7, 11) is 0. The minimum absolute atomic E-state index is 0.559. The Bertz CT molecular complexity index is 456. The number of hydrogen-bond donors (Lipinski definition) is 0. The Balaban J connectivity index is 2.02. The highest BCUT2D eigenvalue weighted by atomic mass is 16.5. The molecule has 0 spiro atoms. The van der Waals surface area contributed by atoms with Crippen molar-refractivity contribution in [3.05, 3.63) is 24.3 Å². The molecule has 20 heavy (non-hydrogen) atoms. The van der Waals surface area contributed by atoms with Gasteiger partial charge in [0.2, 0.25) is 0 Å². The van der Waals surface area contributed by atoms with Crippen LogP contribution in [0.4, 0.5) is 5.69 Å². The van der Waals surface area contributed by atoms with Gasteiger partial charge < -0.3 is 9.64 Å². The number of para-hydroxylation sites is 2. The van der Waals surface area contributed by atoms with Crippen LogP contribution in [0.2, 0.25) is 0 Å². The van der Waals surface area contributed by atoms with Crippen molar-refractivity contribution in [2.75, 3.05) is 11.5 Å². The number of fused-ring (bicyclic) bond motifs is 2. The highest BCUT2D eigenvalue weighted by molar-refractivity contribution is 5.60. The lowest BCUT2D eigenvalue weighted by atomic mass is 9.82. The van der Waals surface area contributed by atoms with Crippen molar-refractivity contribution in [2.24, 2.45) is 11.8 Å². The zero-order valence-electron chi connectivity index (χ0n) is 13.0. The van der Waals surface area contributed by atoms with E-state index in [-0.39, 0.29) is 0 Å². The molecule has 2 nitrogen and oxygen atoms in total. The molecule has 1 aliphatic carbocycles. The zero-order chi connectivity index (χ0) is 14.1. The summed E-state index contributed by atoms with van der Waals surface area (Å²) in [6.07, 6.45) is 5.37. The minimum atomic E-state index is 0.559. The summed E-state index contributed by atoms with van der Waals surface area (Å²) >= 11 is 0. The highest BCUT2D eigenvalue weighted by Crippen LogP contribution is 2.41. The molecule has 0 radical (unpaired) electrons. The summed E-state index contributed by atoms with van der Waals surface area (Å²) in [5, 5.41) is 0. The predicted octanol–water partition coefficient (Wildman–Crippen LogP) is 4.49. The lowest BCUT2D eigenvalue weighted by molar-refractivity contribution is 0.189. The molecule has 3 atom stereocenters. The molecule has 3 unspecified atom stereocenters. The van der Waals surface area contributed by atoms with Crippen LogP contribution in [0.25, 0.3) is 0 Å². The maximum Gasteiger partial charge on any atom is 0.142 e. The van der Waals surface area contributed by atoms with Gasteiger partial charge in [0.25, 0.3) is 0 Å². The second-order valence-corrected chi connectivity index (χ2v) is 6.78. The van der Waals surface area contributed by atoms with Crippen molar-refractivity contribution in [2.45, 2.75) is 58.5 Å². The van der Waals surface area contributed by atoms with E-state index in [1.54, 1.807) is 0 Å². The van der Waals surface area contributed by atoms with Gasteiger partial charge in [-0.15, -0.1) is 0 Å². The van der Waals surface area contributed by atoms with Gasteiger partial charge in [0.05, 0.1) is 12.3 Å². The summed E-state index contributed by atoms with van der Waals surface area (Å²) in [6.45, 7) is 7.93. The van der Waals surface area contributed by atoms with Gasteiger partial charge in [-0.1, -0.05) is 38.8 Å². The molecular formula is C18H27NO. The van der Waals surface area contributed by atoms with E-state index >= 15 is 0 Å². The van der Waals surface area contributed by atoms with Crippen LogP contribution < -0.4 is 9.64 Å². The molecule has 2 aliphatic rings. The van der Waals surface area contributed by atoms with Crippen molar-refractivity contribution in [1.29, 1.82) is 0 Å². The average molecular weight is 273 g/mol. The molecule has 1 fully saturated rings. The van der Waals surface area contributed by atoms with Crippen molar-refractivity contribution >= 4 is 5.69 Å². The van der Waals surface area contributed by atoms with Crippen LogP contribution in [0, 0.1) is 11.8 Å².